The van der Waals surface area contributed by atoms with Gasteiger partial charge >= 0.3 is 5.97 Å². The first-order chi connectivity index (χ1) is 20.8. The molecule has 4 rings (SSSR count). The van der Waals surface area contributed by atoms with Crippen molar-refractivity contribution >= 4 is 61.7 Å². The predicted octanol–water partition coefficient (Wildman–Crippen LogP) is 4.65. The van der Waals surface area contributed by atoms with Crippen LogP contribution in [0.4, 0.5) is 17.1 Å². The van der Waals surface area contributed by atoms with E-state index in [1.807, 2.05) is 24.3 Å². The van der Waals surface area contributed by atoms with E-state index in [1.54, 1.807) is 19.1 Å². The van der Waals surface area contributed by atoms with Gasteiger partial charge in [-0.25, -0.2) is 0 Å². The molecule has 224 valence electrons. The number of likely N-dealkylation sites (tertiary alicyclic amines) is 1. The van der Waals surface area contributed by atoms with Crippen LogP contribution in [0.1, 0.15) is 31.7 Å². The van der Waals surface area contributed by atoms with Gasteiger partial charge in [0.1, 0.15) is 17.9 Å². The minimum atomic E-state index is -0.534. The van der Waals surface area contributed by atoms with Gasteiger partial charge in [0.05, 0.1) is 36.2 Å². The Balaban J connectivity index is 1.39. The maximum Gasteiger partial charge on any atom is 0.323 e. The first kappa shape index (κ1) is 31.5. The zero-order chi connectivity index (χ0) is 30.8. The average Bonchev–Trinajstić information content (AvgIpc) is 3.47. The highest BCUT2D eigenvalue weighted by molar-refractivity contribution is 9.10. The number of nitrogens with zero attached hydrogens (tertiary/aromatic N) is 3. The summed E-state index contributed by atoms with van der Waals surface area (Å²) >= 11 is 3.45. The number of ether oxygens (including phenoxy) is 2. The van der Waals surface area contributed by atoms with Crippen LogP contribution in [0, 0.1) is 11.3 Å². The van der Waals surface area contributed by atoms with Crippen LogP contribution in [-0.4, -0.2) is 67.1 Å². The number of benzene rings is 2. The van der Waals surface area contributed by atoms with Crippen molar-refractivity contribution in [3.05, 3.63) is 64.8 Å². The minimum absolute atomic E-state index is 0.195. The van der Waals surface area contributed by atoms with Crippen molar-refractivity contribution in [2.45, 2.75) is 32.2 Å². The number of rotatable bonds is 12. The molecular formula is C31H33BrN6O5. The number of hydrogen-bond acceptors (Lipinski definition) is 9. The molecule has 1 unspecified atom stereocenters. The second kappa shape index (κ2) is 15.1. The number of aromatic nitrogens is 1. The van der Waals surface area contributed by atoms with Gasteiger partial charge in [-0.2, -0.15) is 5.26 Å². The predicted molar refractivity (Wildman–Crippen MR) is 167 cm³/mol. The van der Waals surface area contributed by atoms with Crippen LogP contribution in [0.2, 0.25) is 0 Å². The summed E-state index contributed by atoms with van der Waals surface area (Å²) in [6.45, 7) is 4.04. The Bertz CT molecular complexity index is 1570. The van der Waals surface area contributed by atoms with E-state index in [1.165, 1.54) is 13.3 Å². The summed E-state index contributed by atoms with van der Waals surface area (Å²) in [4.78, 5) is 43.6. The molecule has 0 spiro atoms. The van der Waals surface area contributed by atoms with E-state index in [4.69, 9.17) is 9.47 Å². The lowest BCUT2D eigenvalue weighted by Crippen LogP contribution is -2.39. The molecule has 2 amide bonds. The number of methoxy groups -OCH3 is 1. The quantitative estimate of drug-likeness (QED) is 0.145. The van der Waals surface area contributed by atoms with E-state index in [9.17, 15) is 19.6 Å². The Hall–Kier alpha value is -4.47. The molecule has 11 nitrogen and oxygen atoms in total. The van der Waals surface area contributed by atoms with Crippen molar-refractivity contribution in [1.82, 2.24) is 15.2 Å². The molecule has 0 aliphatic carbocycles. The summed E-state index contributed by atoms with van der Waals surface area (Å²) in [7, 11) is 1.47. The largest absolute Gasteiger partial charge is 0.494 e. The lowest BCUT2D eigenvalue weighted by molar-refractivity contribution is -0.148. The number of pyridine rings is 1. The summed E-state index contributed by atoms with van der Waals surface area (Å²) in [6.07, 6.45) is 6.16. The van der Waals surface area contributed by atoms with Gasteiger partial charge in [0.2, 0.25) is 11.8 Å². The number of amides is 2. The van der Waals surface area contributed by atoms with Crippen molar-refractivity contribution in [1.29, 1.82) is 5.26 Å². The van der Waals surface area contributed by atoms with Crippen LogP contribution in [0.15, 0.2) is 59.2 Å². The molecule has 0 radical (unpaired) electrons. The molecule has 1 fully saturated rings. The summed E-state index contributed by atoms with van der Waals surface area (Å²) in [5.74, 6) is -0.771. The Morgan fingerprint density at radius 3 is 2.77 bits per heavy atom. The van der Waals surface area contributed by atoms with Crippen LogP contribution in [0.5, 0.6) is 5.75 Å². The number of esters is 1. The Morgan fingerprint density at radius 1 is 1.21 bits per heavy atom. The van der Waals surface area contributed by atoms with Gasteiger partial charge in [0.25, 0.3) is 0 Å². The number of nitrogens with one attached hydrogen (secondary N) is 3. The number of carbonyl (C=O) groups is 3. The van der Waals surface area contributed by atoms with E-state index in [2.05, 4.69) is 47.8 Å². The Kier molecular flexibility index (Phi) is 11.1. The summed E-state index contributed by atoms with van der Waals surface area (Å²) < 4.78 is 11.5. The van der Waals surface area contributed by atoms with Gasteiger partial charge in [-0.1, -0.05) is 22.0 Å². The van der Waals surface area contributed by atoms with Crippen LogP contribution in [0.3, 0.4) is 0 Å². The monoisotopic (exact) mass is 648 g/mol. The van der Waals surface area contributed by atoms with Crippen molar-refractivity contribution in [3.63, 3.8) is 0 Å². The SMILES string of the molecule is CCOC(=O)C1CCCN1CCCNC(=O)C=CC(=O)Nc1cc2c(Nc3cccc(Br)c3)c(C#N)cnc2cc1OC. The molecule has 1 aliphatic heterocycles. The van der Waals surface area contributed by atoms with Crippen LogP contribution in [0.25, 0.3) is 10.9 Å². The molecule has 1 aromatic heterocycles. The van der Waals surface area contributed by atoms with Crippen LogP contribution >= 0.6 is 15.9 Å². The van der Waals surface area contributed by atoms with Crippen LogP contribution < -0.4 is 20.7 Å². The fourth-order valence-corrected chi connectivity index (χ4v) is 5.29. The average molecular weight is 650 g/mol. The number of carbonyl (C=O) groups excluding carboxylic acids is 3. The van der Waals surface area contributed by atoms with Gasteiger partial charge in [0, 0.05) is 53.1 Å². The minimum Gasteiger partial charge on any atom is -0.494 e. The van der Waals surface area contributed by atoms with E-state index in [0.717, 1.165) is 41.7 Å². The van der Waals surface area contributed by atoms with E-state index < -0.39 is 11.8 Å². The molecule has 43 heavy (non-hydrogen) atoms. The fourth-order valence-electron chi connectivity index (χ4n) is 4.89. The van der Waals surface area contributed by atoms with Crippen molar-refractivity contribution in [3.8, 4) is 11.8 Å². The number of halogens is 1. The highest BCUT2D eigenvalue weighted by Gasteiger charge is 2.31. The van der Waals surface area contributed by atoms with Gasteiger partial charge in [-0.3, -0.25) is 24.3 Å². The molecule has 12 heteroatoms. The molecule has 2 aromatic carbocycles. The second-order valence-electron chi connectivity index (χ2n) is 9.78. The lowest BCUT2D eigenvalue weighted by Gasteiger charge is -2.22. The summed E-state index contributed by atoms with van der Waals surface area (Å²) in [5.41, 5.74) is 2.52. The van der Waals surface area contributed by atoms with E-state index in [-0.39, 0.29) is 12.0 Å². The molecule has 3 aromatic rings. The summed E-state index contributed by atoms with van der Waals surface area (Å²) in [6, 6.07) is 12.8. The molecule has 0 saturated carbocycles. The van der Waals surface area contributed by atoms with Gasteiger partial charge in [0.15, 0.2) is 0 Å². The van der Waals surface area contributed by atoms with Gasteiger partial charge in [-0.15, -0.1) is 0 Å². The van der Waals surface area contributed by atoms with E-state index in [0.29, 0.717) is 59.7 Å². The second-order valence-corrected chi connectivity index (χ2v) is 10.7. The molecule has 1 saturated heterocycles. The maximum absolute atomic E-state index is 12.7. The standard InChI is InChI=1S/C31H33BrN6O5/c1-3-43-31(41)26-9-5-13-38(26)14-6-12-34-28(39)10-11-29(40)37-25-16-23-24(17-27(25)42-2)35-19-20(18-33)30(23)36-22-8-4-7-21(32)15-22/h4,7-8,10-11,15-17,19,26H,3,5-6,9,12-14H2,1-2H3,(H,34,39)(H,35,36)(H,37,40). The van der Waals surface area contributed by atoms with Crippen molar-refractivity contribution in [2.24, 2.45) is 0 Å². The maximum atomic E-state index is 12.7. The molecule has 2 heterocycles. The number of nitriles is 1. The molecule has 1 atom stereocenters. The zero-order valence-electron chi connectivity index (χ0n) is 24.0. The van der Waals surface area contributed by atoms with Gasteiger partial charge in [-0.05, 0) is 57.0 Å². The smallest absolute Gasteiger partial charge is 0.323 e. The normalized spacial score (nSPS) is 14.8. The van der Waals surface area contributed by atoms with Gasteiger partial charge < -0.3 is 25.4 Å². The fraction of sp³-hybridized carbons (Fsp3) is 0.323. The molecule has 0 bridgehead atoms. The topological polar surface area (TPSA) is 146 Å². The van der Waals surface area contributed by atoms with E-state index >= 15 is 0 Å². The first-order valence-corrected chi connectivity index (χ1v) is 14.7. The number of fused-ring (bicyclic) bond motifs is 1. The number of hydrogen-bond donors (Lipinski definition) is 3. The third kappa shape index (κ3) is 8.30. The highest BCUT2D eigenvalue weighted by Crippen LogP contribution is 2.36. The Labute approximate surface area is 258 Å². The van der Waals surface area contributed by atoms with Crippen LogP contribution in [-0.2, 0) is 19.1 Å². The molecular weight excluding hydrogens is 616 g/mol. The third-order valence-corrected chi connectivity index (χ3v) is 7.38. The summed E-state index contributed by atoms with van der Waals surface area (Å²) in [5, 5.41) is 19.1. The molecule has 3 N–H and O–H groups in total. The number of anilines is 3. The zero-order valence-corrected chi connectivity index (χ0v) is 25.6. The molecule has 1 aliphatic rings. The Morgan fingerprint density at radius 2 is 2.02 bits per heavy atom. The third-order valence-electron chi connectivity index (χ3n) is 6.89. The first-order valence-electron chi connectivity index (χ1n) is 13.9. The van der Waals surface area contributed by atoms with Crippen molar-refractivity contribution in [2.75, 3.05) is 44.0 Å². The highest BCUT2D eigenvalue weighted by atomic mass is 79.9. The van der Waals surface area contributed by atoms with Crippen molar-refractivity contribution < 1.29 is 23.9 Å². The lowest BCUT2D eigenvalue weighted by atomic mass is 10.1.